The molecule has 1 aromatic rings. The Morgan fingerprint density at radius 1 is 1.59 bits per heavy atom. The highest BCUT2D eigenvalue weighted by molar-refractivity contribution is 5.79. The number of hydrogen-bond acceptors (Lipinski definition) is 3. The lowest BCUT2D eigenvalue weighted by atomic mass is 9.86. The van der Waals surface area contributed by atoms with Crippen LogP contribution < -0.4 is 10.9 Å². The Balaban J connectivity index is 2.12. The van der Waals surface area contributed by atoms with E-state index in [1.54, 1.807) is 6.07 Å². The largest absolute Gasteiger partial charge is 0.354 e. The monoisotopic (exact) mass is 235 g/mol. The van der Waals surface area contributed by atoms with E-state index < -0.39 is 0 Å². The lowest BCUT2D eigenvalue weighted by molar-refractivity contribution is -0.125. The van der Waals surface area contributed by atoms with Crippen LogP contribution in [0.1, 0.15) is 31.5 Å². The van der Waals surface area contributed by atoms with Gasteiger partial charge in [-0.25, -0.2) is 5.10 Å². The quantitative estimate of drug-likeness (QED) is 0.779. The molecular weight excluding hydrogens is 218 g/mol. The summed E-state index contributed by atoms with van der Waals surface area (Å²) in [5.74, 6) is 0.0411. The number of nitrogens with one attached hydrogen (secondary N) is 2. The molecule has 0 spiro atoms. The Bertz CT molecular complexity index is 479. The molecule has 5 nitrogen and oxygen atoms in total. The summed E-state index contributed by atoms with van der Waals surface area (Å²) in [6, 6.07) is 1.71. The topological polar surface area (TPSA) is 74.8 Å². The first kappa shape index (κ1) is 11.8. The molecule has 0 saturated heterocycles. The van der Waals surface area contributed by atoms with Gasteiger partial charge in [-0.1, -0.05) is 0 Å². The van der Waals surface area contributed by atoms with Crippen LogP contribution in [-0.4, -0.2) is 22.1 Å². The van der Waals surface area contributed by atoms with Crippen LogP contribution >= 0.6 is 0 Å². The zero-order chi connectivity index (χ0) is 12.4. The maximum atomic E-state index is 11.9. The fourth-order valence-corrected chi connectivity index (χ4v) is 2.17. The number of aromatic nitrogens is 2. The molecule has 92 valence electrons. The third-order valence-electron chi connectivity index (χ3n) is 2.97. The third kappa shape index (κ3) is 2.72. The molecule has 1 aliphatic rings. The van der Waals surface area contributed by atoms with Gasteiger partial charge >= 0.3 is 0 Å². The predicted octanol–water partition coefficient (Wildman–Crippen LogP) is 0.399. The van der Waals surface area contributed by atoms with Gasteiger partial charge in [0.05, 0.1) is 5.69 Å². The highest BCUT2D eigenvalue weighted by atomic mass is 16.2. The molecule has 1 amide bonds. The molecule has 0 aromatic carbocycles. The fourth-order valence-electron chi connectivity index (χ4n) is 2.17. The number of amides is 1. The first-order valence-electron chi connectivity index (χ1n) is 5.94. The van der Waals surface area contributed by atoms with Crippen LogP contribution in [0.4, 0.5) is 0 Å². The number of nitrogens with zero attached hydrogens (tertiary/aromatic N) is 1. The Morgan fingerprint density at radius 3 is 3.06 bits per heavy atom. The van der Waals surface area contributed by atoms with Gasteiger partial charge in [0, 0.05) is 18.0 Å². The van der Waals surface area contributed by atoms with Crippen molar-refractivity contribution in [3.8, 4) is 0 Å². The average Bonchev–Trinajstić information content (AvgIpc) is 2.27. The van der Waals surface area contributed by atoms with Crippen molar-refractivity contribution in [3.05, 3.63) is 27.7 Å². The molecule has 5 heteroatoms. The van der Waals surface area contributed by atoms with Crippen LogP contribution in [0.2, 0.25) is 0 Å². The molecule has 1 atom stereocenters. The van der Waals surface area contributed by atoms with Crippen molar-refractivity contribution in [3.63, 3.8) is 0 Å². The van der Waals surface area contributed by atoms with Crippen molar-refractivity contribution in [2.24, 2.45) is 5.92 Å². The van der Waals surface area contributed by atoms with E-state index in [1.807, 2.05) is 13.8 Å². The summed E-state index contributed by atoms with van der Waals surface area (Å²) in [5.41, 5.74) is 1.62. The number of H-pyrrole nitrogens is 1. The number of aromatic amines is 1. The zero-order valence-electron chi connectivity index (χ0n) is 10.1. The summed E-state index contributed by atoms with van der Waals surface area (Å²) in [6.07, 6.45) is 2.16. The van der Waals surface area contributed by atoms with E-state index in [0.29, 0.717) is 6.42 Å². The highest BCUT2D eigenvalue weighted by Gasteiger charge is 2.25. The Hall–Kier alpha value is -1.65. The number of hydrogen-bond donors (Lipinski definition) is 2. The molecule has 0 fully saturated rings. The van der Waals surface area contributed by atoms with Gasteiger partial charge in [0.2, 0.25) is 5.91 Å². The van der Waals surface area contributed by atoms with Crippen LogP contribution in [-0.2, 0) is 17.6 Å². The van der Waals surface area contributed by atoms with E-state index in [1.165, 1.54) is 0 Å². The SMILES string of the molecule is CC(C)NC(=O)[C@H]1CCc2n[nH]c(=O)cc2C1. The van der Waals surface area contributed by atoms with E-state index in [0.717, 1.165) is 24.1 Å². The minimum Gasteiger partial charge on any atom is -0.354 e. The van der Waals surface area contributed by atoms with Crippen molar-refractivity contribution in [2.75, 3.05) is 0 Å². The zero-order valence-corrected chi connectivity index (χ0v) is 10.1. The van der Waals surface area contributed by atoms with Crippen LogP contribution in [0, 0.1) is 5.92 Å². The molecule has 0 radical (unpaired) electrons. The van der Waals surface area contributed by atoms with Crippen LogP contribution in [0.25, 0.3) is 0 Å². The maximum Gasteiger partial charge on any atom is 0.264 e. The van der Waals surface area contributed by atoms with Crippen molar-refractivity contribution in [2.45, 2.75) is 39.2 Å². The molecule has 0 saturated carbocycles. The van der Waals surface area contributed by atoms with Crippen molar-refractivity contribution < 1.29 is 4.79 Å². The van der Waals surface area contributed by atoms with E-state index in [9.17, 15) is 9.59 Å². The van der Waals surface area contributed by atoms with Crippen molar-refractivity contribution in [1.82, 2.24) is 15.5 Å². The van der Waals surface area contributed by atoms with Gasteiger partial charge in [-0.15, -0.1) is 0 Å². The highest BCUT2D eigenvalue weighted by Crippen LogP contribution is 2.22. The van der Waals surface area contributed by atoms with Crippen LogP contribution in [0.3, 0.4) is 0 Å². The Kier molecular flexibility index (Phi) is 3.26. The van der Waals surface area contributed by atoms with Crippen LogP contribution in [0.15, 0.2) is 10.9 Å². The van der Waals surface area contributed by atoms with Gasteiger partial charge in [-0.3, -0.25) is 9.59 Å². The number of carbonyl (C=O) groups excluding carboxylic acids is 1. The fraction of sp³-hybridized carbons (Fsp3) is 0.583. The second-order valence-electron chi connectivity index (χ2n) is 4.81. The first-order valence-corrected chi connectivity index (χ1v) is 5.94. The third-order valence-corrected chi connectivity index (χ3v) is 2.97. The minimum absolute atomic E-state index is 0.0338. The molecule has 1 aliphatic carbocycles. The molecule has 1 heterocycles. The van der Waals surface area contributed by atoms with Gasteiger partial charge < -0.3 is 5.32 Å². The molecule has 2 N–H and O–H groups in total. The first-order chi connectivity index (χ1) is 8.06. The Morgan fingerprint density at radius 2 is 2.35 bits per heavy atom. The van der Waals surface area contributed by atoms with Gasteiger partial charge in [0.25, 0.3) is 5.56 Å². The number of rotatable bonds is 2. The van der Waals surface area contributed by atoms with Gasteiger partial charge in [0.1, 0.15) is 0 Å². The standard InChI is InChI=1S/C12H17N3O2/c1-7(2)13-12(17)8-3-4-10-9(5-8)6-11(16)15-14-10/h6-8H,3-5H2,1-2H3,(H,13,17)(H,15,16)/t8-/m0/s1. The molecule has 0 bridgehead atoms. The smallest absolute Gasteiger partial charge is 0.264 e. The van der Waals surface area contributed by atoms with E-state index in [-0.39, 0.29) is 23.4 Å². The predicted molar refractivity (Wildman–Crippen MR) is 63.7 cm³/mol. The van der Waals surface area contributed by atoms with E-state index in [2.05, 4.69) is 15.5 Å². The number of fused-ring (bicyclic) bond motifs is 1. The summed E-state index contributed by atoms with van der Waals surface area (Å²) in [6.45, 7) is 3.89. The number of aryl methyl sites for hydroxylation is 1. The lowest BCUT2D eigenvalue weighted by Gasteiger charge is -2.23. The van der Waals surface area contributed by atoms with E-state index in [4.69, 9.17) is 0 Å². The second-order valence-corrected chi connectivity index (χ2v) is 4.81. The minimum atomic E-state index is -0.200. The lowest BCUT2D eigenvalue weighted by Crippen LogP contribution is -2.38. The second kappa shape index (κ2) is 4.69. The summed E-state index contributed by atoms with van der Waals surface area (Å²) in [7, 11) is 0. The molecule has 1 aromatic heterocycles. The summed E-state index contributed by atoms with van der Waals surface area (Å²) in [4.78, 5) is 23.1. The molecule has 17 heavy (non-hydrogen) atoms. The molecule has 2 rings (SSSR count). The number of carbonyl (C=O) groups is 1. The summed E-state index contributed by atoms with van der Waals surface area (Å²) in [5, 5.41) is 9.35. The van der Waals surface area contributed by atoms with Gasteiger partial charge in [-0.2, -0.15) is 5.10 Å². The van der Waals surface area contributed by atoms with Crippen molar-refractivity contribution >= 4 is 5.91 Å². The van der Waals surface area contributed by atoms with E-state index >= 15 is 0 Å². The molecular formula is C12H17N3O2. The van der Waals surface area contributed by atoms with Crippen molar-refractivity contribution in [1.29, 1.82) is 0 Å². The maximum absolute atomic E-state index is 11.9. The molecule has 0 aliphatic heterocycles. The van der Waals surface area contributed by atoms with Crippen LogP contribution in [0.5, 0.6) is 0 Å². The summed E-state index contributed by atoms with van der Waals surface area (Å²) >= 11 is 0. The van der Waals surface area contributed by atoms with Gasteiger partial charge in [0.15, 0.2) is 0 Å². The molecule has 0 unspecified atom stereocenters. The average molecular weight is 235 g/mol. The summed E-state index contributed by atoms with van der Waals surface area (Å²) < 4.78 is 0. The Labute approximate surface area is 99.6 Å². The van der Waals surface area contributed by atoms with Gasteiger partial charge in [-0.05, 0) is 38.7 Å². The normalized spacial score (nSPS) is 18.9.